The molecule has 2 aromatic heterocycles. The molecule has 2 N–H and O–H groups in total. The maximum Gasteiger partial charge on any atom is 0.0921 e. The Hall–Kier alpha value is -1.13. The van der Waals surface area contributed by atoms with Gasteiger partial charge in [-0.05, 0) is 36.3 Å². The third-order valence-corrected chi connectivity index (χ3v) is 4.39. The third kappa shape index (κ3) is 2.42. The van der Waals surface area contributed by atoms with Gasteiger partial charge in [0.2, 0.25) is 0 Å². The lowest BCUT2D eigenvalue weighted by Crippen LogP contribution is -2.26. The van der Waals surface area contributed by atoms with E-state index in [1.165, 1.54) is 30.5 Å². The minimum absolute atomic E-state index is 0.563. The Labute approximate surface area is 105 Å². The lowest BCUT2D eigenvalue weighted by molar-refractivity contribution is 0.466. The highest BCUT2D eigenvalue weighted by molar-refractivity contribution is 7.10. The second-order valence-electron chi connectivity index (χ2n) is 4.52. The van der Waals surface area contributed by atoms with Crippen LogP contribution >= 0.6 is 11.3 Å². The Morgan fingerprint density at radius 1 is 1.53 bits per heavy atom. The summed E-state index contributed by atoms with van der Waals surface area (Å²) in [6.45, 7) is 1.02. The van der Waals surface area contributed by atoms with E-state index in [1.54, 1.807) is 11.2 Å². The second-order valence-corrected chi connectivity index (χ2v) is 5.53. The van der Waals surface area contributed by atoms with E-state index in [2.05, 4.69) is 26.7 Å². The molecule has 0 aromatic carbocycles. The highest BCUT2D eigenvalue weighted by atomic mass is 32.1. The first-order valence-electron chi connectivity index (χ1n) is 6.20. The summed E-state index contributed by atoms with van der Waals surface area (Å²) in [6.07, 6.45) is 8.52. The summed E-state index contributed by atoms with van der Waals surface area (Å²) in [6, 6.07) is 2.85. The number of nitrogens with one attached hydrogen (secondary N) is 2. The molecule has 0 amide bonds. The molecular formula is C13H17N3S. The molecule has 90 valence electrons. The number of hydrogen-bond acceptors (Lipinski definition) is 3. The van der Waals surface area contributed by atoms with E-state index >= 15 is 0 Å². The lowest BCUT2D eigenvalue weighted by atomic mass is 9.94. The summed E-state index contributed by atoms with van der Waals surface area (Å²) in [5, 5.41) is 5.88. The van der Waals surface area contributed by atoms with Crippen LogP contribution < -0.4 is 5.32 Å². The number of nitrogens with zero attached hydrogens (tertiary/aromatic N) is 1. The zero-order chi connectivity index (χ0) is 11.5. The molecule has 0 saturated heterocycles. The second kappa shape index (κ2) is 5.02. The van der Waals surface area contributed by atoms with Crippen LogP contribution in [-0.2, 0) is 12.8 Å². The Kier molecular flexibility index (Phi) is 3.25. The van der Waals surface area contributed by atoms with Crippen molar-refractivity contribution in [2.45, 2.75) is 31.7 Å². The van der Waals surface area contributed by atoms with E-state index in [-0.39, 0.29) is 0 Å². The fourth-order valence-corrected chi connectivity index (χ4v) is 3.49. The van der Waals surface area contributed by atoms with Crippen LogP contribution in [0.25, 0.3) is 0 Å². The van der Waals surface area contributed by atoms with Gasteiger partial charge < -0.3 is 10.3 Å². The molecule has 1 aliphatic carbocycles. The molecule has 3 nitrogen and oxygen atoms in total. The summed E-state index contributed by atoms with van der Waals surface area (Å²) in [7, 11) is 0. The Bertz CT molecular complexity index is 461. The van der Waals surface area contributed by atoms with Crippen molar-refractivity contribution in [3.8, 4) is 0 Å². The highest BCUT2D eigenvalue weighted by Crippen LogP contribution is 2.33. The third-order valence-electron chi connectivity index (χ3n) is 3.39. The van der Waals surface area contributed by atoms with Gasteiger partial charge in [0.05, 0.1) is 6.33 Å². The maximum atomic E-state index is 4.03. The monoisotopic (exact) mass is 247 g/mol. The number of aromatic amines is 1. The molecule has 0 aliphatic heterocycles. The zero-order valence-electron chi connectivity index (χ0n) is 9.78. The number of thiophene rings is 1. The van der Waals surface area contributed by atoms with E-state index in [9.17, 15) is 0 Å². The minimum Gasteiger partial charge on any atom is -0.348 e. The minimum atomic E-state index is 0.563. The van der Waals surface area contributed by atoms with Crippen molar-refractivity contribution in [2.24, 2.45) is 0 Å². The smallest absolute Gasteiger partial charge is 0.0921 e. The summed E-state index contributed by atoms with van der Waals surface area (Å²) in [5.41, 5.74) is 2.74. The molecular weight excluding hydrogens is 230 g/mol. The number of rotatable bonds is 4. The van der Waals surface area contributed by atoms with Crippen molar-refractivity contribution in [1.82, 2.24) is 15.3 Å². The van der Waals surface area contributed by atoms with E-state index in [0.717, 1.165) is 13.0 Å². The number of H-pyrrole nitrogens is 1. The van der Waals surface area contributed by atoms with Crippen LogP contribution in [0.15, 0.2) is 24.0 Å². The number of fused-ring (bicyclic) bond motifs is 1. The van der Waals surface area contributed by atoms with Crippen LogP contribution in [0.5, 0.6) is 0 Å². The van der Waals surface area contributed by atoms with Crippen molar-refractivity contribution in [1.29, 1.82) is 0 Å². The molecule has 0 bridgehead atoms. The first-order chi connectivity index (χ1) is 8.43. The van der Waals surface area contributed by atoms with Crippen molar-refractivity contribution < 1.29 is 0 Å². The van der Waals surface area contributed by atoms with Gasteiger partial charge in [-0.2, -0.15) is 0 Å². The molecule has 0 saturated carbocycles. The molecule has 0 radical (unpaired) electrons. The molecule has 17 heavy (non-hydrogen) atoms. The largest absolute Gasteiger partial charge is 0.348 e. The fourth-order valence-electron chi connectivity index (χ4n) is 2.50. The number of aromatic nitrogens is 2. The van der Waals surface area contributed by atoms with E-state index < -0.39 is 0 Å². The summed E-state index contributed by atoms with van der Waals surface area (Å²) >= 11 is 1.90. The first-order valence-corrected chi connectivity index (χ1v) is 7.08. The average molecular weight is 247 g/mol. The van der Waals surface area contributed by atoms with Gasteiger partial charge in [-0.15, -0.1) is 11.3 Å². The summed E-state index contributed by atoms with van der Waals surface area (Å²) in [5.74, 6) is 0. The standard InChI is InChI=1S/C13H17N3S/c1-2-12(11-5-7-17-13(11)3-1)15-6-4-10-8-14-9-16-10/h5,7-9,12,15H,1-4,6H2,(H,14,16). The molecule has 1 aliphatic rings. The Balaban J connectivity index is 1.57. The zero-order valence-corrected chi connectivity index (χ0v) is 10.6. The predicted molar refractivity (Wildman–Crippen MR) is 70.3 cm³/mol. The molecule has 2 heterocycles. The van der Waals surface area contributed by atoms with E-state index in [4.69, 9.17) is 0 Å². The van der Waals surface area contributed by atoms with E-state index in [1.807, 2.05) is 17.5 Å². The number of hydrogen-bond donors (Lipinski definition) is 2. The van der Waals surface area contributed by atoms with Gasteiger partial charge >= 0.3 is 0 Å². The van der Waals surface area contributed by atoms with Crippen LogP contribution in [-0.4, -0.2) is 16.5 Å². The summed E-state index contributed by atoms with van der Waals surface area (Å²) < 4.78 is 0. The molecule has 3 rings (SSSR count). The Morgan fingerprint density at radius 2 is 2.53 bits per heavy atom. The number of aryl methyl sites for hydroxylation is 1. The SMILES string of the molecule is c1ncc(CCNC2CCCc3sccc32)[nH]1. The molecule has 4 heteroatoms. The number of imidazole rings is 1. The highest BCUT2D eigenvalue weighted by Gasteiger charge is 2.20. The van der Waals surface area contributed by atoms with Gasteiger partial charge in [-0.3, -0.25) is 0 Å². The van der Waals surface area contributed by atoms with Gasteiger partial charge in [0.15, 0.2) is 0 Å². The van der Waals surface area contributed by atoms with E-state index in [0.29, 0.717) is 6.04 Å². The fraction of sp³-hybridized carbons (Fsp3) is 0.462. The van der Waals surface area contributed by atoms with Crippen molar-refractivity contribution in [3.63, 3.8) is 0 Å². The molecule has 2 aromatic rings. The lowest BCUT2D eigenvalue weighted by Gasteiger charge is -2.23. The predicted octanol–water partition coefficient (Wildman–Crippen LogP) is 2.68. The van der Waals surface area contributed by atoms with Crippen molar-refractivity contribution in [3.05, 3.63) is 40.1 Å². The van der Waals surface area contributed by atoms with Crippen LogP contribution in [0.3, 0.4) is 0 Å². The molecule has 0 fully saturated rings. The van der Waals surface area contributed by atoms with Gasteiger partial charge in [-0.1, -0.05) is 0 Å². The van der Waals surface area contributed by atoms with Crippen LogP contribution in [0.4, 0.5) is 0 Å². The van der Waals surface area contributed by atoms with Crippen LogP contribution in [0, 0.1) is 0 Å². The van der Waals surface area contributed by atoms with Gasteiger partial charge in [0.25, 0.3) is 0 Å². The van der Waals surface area contributed by atoms with Crippen molar-refractivity contribution >= 4 is 11.3 Å². The normalized spacial score (nSPS) is 19.2. The van der Waals surface area contributed by atoms with Gasteiger partial charge in [0, 0.05) is 35.8 Å². The maximum absolute atomic E-state index is 4.03. The summed E-state index contributed by atoms with van der Waals surface area (Å²) in [4.78, 5) is 8.75. The molecule has 0 spiro atoms. The topological polar surface area (TPSA) is 40.7 Å². The van der Waals surface area contributed by atoms with Crippen LogP contribution in [0.1, 0.15) is 35.0 Å². The molecule has 1 atom stereocenters. The average Bonchev–Trinajstić information content (AvgIpc) is 2.99. The quantitative estimate of drug-likeness (QED) is 0.872. The van der Waals surface area contributed by atoms with Gasteiger partial charge in [0.1, 0.15) is 0 Å². The van der Waals surface area contributed by atoms with Crippen molar-refractivity contribution in [2.75, 3.05) is 6.54 Å². The van der Waals surface area contributed by atoms with Crippen LogP contribution in [0.2, 0.25) is 0 Å². The van der Waals surface area contributed by atoms with Gasteiger partial charge in [-0.25, -0.2) is 4.98 Å². The Morgan fingerprint density at radius 3 is 3.41 bits per heavy atom. The molecule has 1 unspecified atom stereocenters. The first kappa shape index (κ1) is 11.0.